The number of anilines is 1. The van der Waals surface area contributed by atoms with Crippen molar-refractivity contribution in [2.75, 3.05) is 18.9 Å². The molecule has 1 saturated carbocycles. The summed E-state index contributed by atoms with van der Waals surface area (Å²) in [5, 5.41) is 0. The van der Waals surface area contributed by atoms with Crippen LogP contribution >= 0.6 is 24.8 Å². The molecule has 1 aromatic heterocycles. The molecule has 0 unspecified atom stereocenters. The van der Waals surface area contributed by atoms with Gasteiger partial charge in [-0.3, -0.25) is 0 Å². The van der Waals surface area contributed by atoms with E-state index in [-0.39, 0.29) is 30.2 Å². The van der Waals surface area contributed by atoms with Crippen molar-refractivity contribution in [3.8, 4) is 16.9 Å². The predicted octanol–water partition coefficient (Wildman–Crippen LogP) is 3.43. The van der Waals surface area contributed by atoms with Gasteiger partial charge in [0.25, 0.3) is 0 Å². The van der Waals surface area contributed by atoms with Crippen LogP contribution < -0.4 is 16.2 Å². The first-order chi connectivity index (χ1) is 10.1. The standard InChI is InChI=1S/C16H18FN3O.2ClH/c17-15-14(11-1-3-12(19)4-2-11)7-13(8-20-15)21-10-16(9-18)5-6-16;;/h1-4,7-8H,5-6,9-10,18-19H2;2*1H. The van der Waals surface area contributed by atoms with Crippen molar-refractivity contribution in [2.45, 2.75) is 12.8 Å². The summed E-state index contributed by atoms with van der Waals surface area (Å²) in [6.07, 6.45) is 3.58. The predicted molar refractivity (Wildman–Crippen MR) is 94.8 cm³/mol. The molecule has 1 heterocycles. The van der Waals surface area contributed by atoms with Crippen LogP contribution in [0.2, 0.25) is 0 Å². The molecule has 4 nitrogen and oxygen atoms in total. The van der Waals surface area contributed by atoms with E-state index < -0.39 is 5.95 Å². The van der Waals surface area contributed by atoms with Crippen LogP contribution in [0.3, 0.4) is 0 Å². The quantitative estimate of drug-likeness (QED) is 0.633. The van der Waals surface area contributed by atoms with E-state index >= 15 is 0 Å². The van der Waals surface area contributed by atoms with E-state index in [2.05, 4.69) is 4.98 Å². The minimum absolute atomic E-state index is 0. The fourth-order valence-corrected chi connectivity index (χ4v) is 2.19. The van der Waals surface area contributed by atoms with E-state index in [0.717, 1.165) is 18.4 Å². The minimum atomic E-state index is -0.521. The molecule has 23 heavy (non-hydrogen) atoms. The van der Waals surface area contributed by atoms with Crippen LogP contribution in [0.15, 0.2) is 36.5 Å². The molecule has 2 aromatic rings. The van der Waals surface area contributed by atoms with Crippen molar-refractivity contribution in [1.29, 1.82) is 0 Å². The molecule has 0 radical (unpaired) electrons. The van der Waals surface area contributed by atoms with Crippen LogP contribution in [-0.2, 0) is 0 Å². The maximum atomic E-state index is 13.9. The smallest absolute Gasteiger partial charge is 0.220 e. The van der Waals surface area contributed by atoms with E-state index in [1.54, 1.807) is 30.3 Å². The van der Waals surface area contributed by atoms with Crippen molar-refractivity contribution in [3.63, 3.8) is 0 Å². The summed E-state index contributed by atoms with van der Waals surface area (Å²) in [4.78, 5) is 3.77. The normalized spacial score (nSPS) is 14.3. The molecule has 3 rings (SSSR count). The number of halogens is 3. The maximum Gasteiger partial charge on any atom is 0.220 e. The van der Waals surface area contributed by atoms with E-state index in [1.807, 2.05) is 0 Å². The zero-order valence-electron chi connectivity index (χ0n) is 12.5. The zero-order valence-corrected chi connectivity index (χ0v) is 14.1. The molecule has 7 heteroatoms. The van der Waals surface area contributed by atoms with Gasteiger partial charge in [0, 0.05) is 23.2 Å². The first-order valence-electron chi connectivity index (χ1n) is 6.96. The number of hydrogen-bond donors (Lipinski definition) is 2. The third-order valence-electron chi connectivity index (χ3n) is 3.97. The SMILES string of the molecule is Cl.Cl.NCC1(COc2cnc(F)c(-c3ccc(N)cc3)c2)CC1. The van der Waals surface area contributed by atoms with Crippen molar-refractivity contribution in [2.24, 2.45) is 11.1 Å². The lowest BCUT2D eigenvalue weighted by Gasteiger charge is -2.14. The fraction of sp³-hybridized carbons (Fsp3) is 0.312. The number of pyridine rings is 1. The van der Waals surface area contributed by atoms with E-state index in [9.17, 15) is 4.39 Å². The van der Waals surface area contributed by atoms with Gasteiger partial charge in [-0.15, -0.1) is 24.8 Å². The number of rotatable bonds is 5. The number of nitrogens with two attached hydrogens (primary N) is 2. The van der Waals surface area contributed by atoms with Crippen molar-refractivity contribution in [3.05, 3.63) is 42.5 Å². The van der Waals surface area contributed by atoms with E-state index in [0.29, 0.717) is 30.2 Å². The number of hydrogen-bond acceptors (Lipinski definition) is 4. The Hall–Kier alpha value is -1.56. The number of benzene rings is 1. The molecule has 0 aliphatic heterocycles. The summed E-state index contributed by atoms with van der Waals surface area (Å²) in [5.41, 5.74) is 13.2. The molecule has 0 saturated heterocycles. The van der Waals surface area contributed by atoms with Gasteiger partial charge in [-0.1, -0.05) is 12.1 Å². The van der Waals surface area contributed by atoms with Crippen LogP contribution in [0.4, 0.5) is 10.1 Å². The summed E-state index contributed by atoms with van der Waals surface area (Å²) < 4.78 is 19.6. The first kappa shape index (κ1) is 19.5. The average Bonchev–Trinajstić information content (AvgIpc) is 3.28. The van der Waals surface area contributed by atoms with Gasteiger partial charge >= 0.3 is 0 Å². The second kappa shape index (κ2) is 7.81. The van der Waals surface area contributed by atoms with Gasteiger partial charge in [0.2, 0.25) is 5.95 Å². The van der Waals surface area contributed by atoms with Crippen molar-refractivity contribution >= 4 is 30.5 Å². The Labute approximate surface area is 147 Å². The second-order valence-electron chi connectivity index (χ2n) is 5.62. The fourth-order valence-electron chi connectivity index (χ4n) is 2.19. The molecule has 1 fully saturated rings. The molecule has 0 spiro atoms. The third kappa shape index (κ3) is 4.47. The third-order valence-corrected chi connectivity index (χ3v) is 3.97. The summed E-state index contributed by atoms with van der Waals surface area (Å²) in [5.74, 6) is 0.0371. The Morgan fingerprint density at radius 2 is 1.83 bits per heavy atom. The number of ether oxygens (including phenoxy) is 1. The molecule has 0 amide bonds. The van der Waals surface area contributed by atoms with Crippen LogP contribution in [0, 0.1) is 11.4 Å². The number of nitrogens with zero attached hydrogens (tertiary/aromatic N) is 1. The highest BCUT2D eigenvalue weighted by Gasteiger charge is 2.42. The molecule has 1 aliphatic rings. The zero-order chi connectivity index (χ0) is 14.9. The molecular formula is C16H20Cl2FN3O. The Morgan fingerprint density at radius 1 is 1.17 bits per heavy atom. The average molecular weight is 360 g/mol. The van der Waals surface area contributed by atoms with Gasteiger partial charge in [0.15, 0.2) is 0 Å². The monoisotopic (exact) mass is 359 g/mol. The van der Waals surface area contributed by atoms with Gasteiger partial charge in [-0.25, -0.2) is 4.98 Å². The highest BCUT2D eigenvalue weighted by molar-refractivity contribution is 5.85. The van der Waals surface area contributed by atoms with Gasteiger partial charge in [0.05, 0.1) is 12.8 Å². The molecule has 126 valence electrons. The maximum absolute atomic E-state index is 13.9. The van der Waals surface area contributed by atoms with Gasteiger partial charge < -0.3 is 16.2 Å². The number of nitrogen functional groups attached to an aromatic ring is 1. The first-order valence-corrected chi connectivity index (χ1v) is 6.96. The molecular weight excluding hydrogens is 340 g/mol. The van der Waals surface area contributed by atoms with Crippen LogP contribution in [0.25, 0.3) is 11.1 Å². The molecule has 1 aliphatic carbocycles. The van der Waals surface area contributed by atoms with E-state index in [1.165, 1.54) is 6.20 Å². The van der Waals surface area contributed by atoms with Gasteiger partial charge in [0.1, 0.15) is 5.75 Å². The summed E-state index contributed by atoms with van der Waals surface area (Å²) in [6.45, 7) is 1.17. The van der Waals surface area contributed by atoms with E-state index in [4.69, 9.17) is 16.2 Å². The lowest BCUT2D eigenvalue weighted by Crippen LogP contribution is -2.22. The Bertz CT molecular complexity index is 648. The highest BCUT2D eigenvalue weighted by Crippen LogP contribution is 2.44. The van der Waals surface area contributed by atoms with Crippen LogP contribution in [-0.4, -0.2) is 18.1 Å². The Balaban J connectivity index is 0.00000132. The molecule has 0 atom stereocenters. The van der Waals surface area contributed by atoms with Gasteiger partial charge in [-0.2, -0.15) is 4.39 Å². The largest absolute Gasteiger partial charge is 0.491 e. The van der Waals surface area contributed by atoms with Crippen molar-refractivity contribution in [1.82, 2.24) is 4.98 Å². The Morgan fingerprint density at radius 3 is 2.39 bits per heavy atom. The lowest BCUT2D eigenvalue weighted by molar-refractivity contribution is 0.237. The van der Waals surface area contributed by atoms with Crippen LogP contribution in [0.1, 0.15) is 12.8 Å². The minimum Gasteiger partial charge on any atom is -0.491 e. The Kier molecular flexibility index (Phi) is 6.62. The topological polar surface area (TPSA) is 74.2 Å². The molecule has 1 aromatic carbocycles. The van der Waals surface area contributed by atoms with Crippen molar-refractivity contribution < 1.29 is 9.13 Å². The number of aromatic nitrogens is 1. The van der Waals surface area contributed by atoms with Gasteiger partial charge in [-0.05, 0) is 36.6 Å². The highest BCUT2D eigenvalue weighted by atomic mass is 35.5. The summed E-state index contributed by atoms with van der Waals surface area (Å²) in [6, 6.07) is 8.66. The lowest BCUT2D eigenvalue weighted by atomic mass is 10.1. The van der Waals surface area contributed by atoms with Crippen LogP contribution in [0.5, 0.6) is 5.75 Å². The molecule has 0 bridgehead atoms. The summed E-state index contributed by atoms with van der Waals surface area (Å²) in [7, 11) is 0. The molecule has 4 N–H and O–H groups in total. The summed E-state index contributed by atoms with van der Waals surface area (Å²) >= 11 is 0. The second-order valence-corrected chi connectivity index (χ2v) is 5.62.